The van der Waals surface area contributed by atoms with E-state index in [9.17, 15) is 9.59 Å². The zero-order valence-corrected chi connectivity index (χ0v) is 6.87. The maximum atomic E-state index is 11.4. The molecule has 1 aliphatic carbocycles. The molecule has 0 unspecified atom stereocenters. The summed E-state index contributed by atoms with van der Waals surface area (Å²) in [5.74, 6) is -0.523. The van der Waals surface area contributed by atoms with Gasteiger partial charge in [-0.1, -0.05) is 0 Å². The van der Waals surface area contributed by atoms with E-state index < -0.39 is 0 Å². The van der Waals surface area contributed by atoms with E-state index >= 15 is 0 Å². The van der Waals surface area contributed by atoms with Crippen LogP contribution in [0, 0.1) is 0 Å². The van der Waals surface area contributed by atoms with Crippen LogP contribution < -0.4 is 0 Å². The number of ketones is 2. The number of allylic oxidation sites excluding steroid dienone is 2. The van der Waals surface area contributed by atoms with Crippen LogP contribution in [0.3, 0.4) is 0 Å². The summed E-state index contributed by atoms with van der Waals surface area (Å²) in [5.41, 5.74) is 0.565. The Morgan fingerprint density at radius 2 is 1.92 bits per heavy atom. The SMILES string of the molecule is COC1=CC(=O)c2cocc2C1=O. The lowest BCUT2D eigenvalue weighted by atomic mass is 9.98. The van der Waals surface area contributed by atoms with Crippen LogP contribution in [0.15, 0.2) is 28.8 Å². The topological polar surface area (TPSA) is 56.5 Å². The number of rotatable bonds is 1. The molecule has 0 fully saturated rings. The molecule has 4 heteroatoms. The third-order valence-corrected chi connectivity index (χ3v) is 1.88. The van der Waals surface area contributed by atoms with E-state index in [1.165, 1.54) is 25.7 Å². The van der Waals surface area contributed by atoms with Crippen LogP contribution in [-0.2, 0) is 4.74 Å². The predicted octanol–water partition coefficient (Wildman–Crippen LogP) is 1.19. The van der Waals surface area contributed by atoms with Gasteiger partial charge in [0, 0.05) is 6.08 Å². The summed E-state index contributed by atoms with van der Waals surface area (Å²) in [5, 5.41) is 0. The Bertz CT molecular complexity index is 411. The minimum atomic E-state index is -0.314. The molecule has 0 spiro atoms. The Hall–Kier alpha value is -1.84. The fourth-order valence-electron chi connectivity index (χ4n) is 1.21. The van der Waals surface area contributed by atoms with Gasteiger partial charge in [0.15, 0.2) is 11.5 Å². The quantitative estimate of drug-likeness (QED) is 0.648. The van der Waals surface area contributed by atoms with E-state index in [4.69, 9.17) is 9.15 Å². The normalized spacial score (nSPS) is 15.3. The van der Waals surface area contributed by atoms with Crippen molar-refractivity contribution < 1.29 is 18.7 Å². The van der Waals surface area contributed by atoms with Crippen molar-refractivity contribution in [1.82, 2.24) is 0 Å². The average Bonchev–Trinajstić information content (AvgIpc) is 2.60. The van der Waals surface area contributed by atoms with Crippen molar-refractivity contribution >= 4 is 11.6 Å². The molecule has 66 valence electrons. The highest BCUT2D eigenvalue weighted by Gasteiger charge is 2.27. The molecule has 1 aliphatic rings. The first kappa shape index (κ1) is 7.79. The zero-order chi connectivity index (χ0) is 9.42. The van der Waals surface area contributed by atoms with Crippen LogP contribution in [0.25, 0.3) is 0 Å². The first-order valence-electron chi connectivity index (χ1n) is 3.65. The van der Waals surface area contributed by atoms with E-state index in [0.29, 0.717) is 5.56 Å². The van der Waals surface area contributed by atoms with Crippen molar-refractivity contribution in [3.8, 4) is 0 Å². The van der Waals surface area contributed by atoms with E-state index in [1.54, 1.807) is 0 Å². The van der Waals surface area contributed by atoms with Gasteiger partial charge in [0.05, 0.1) is 18.2 Å². The average molecular weight is 178 g/mol. The van der Waals surface area contributed by atoms with Crippen molar-refractivity contribution in [1.29, 1.82) is 0 Å². The maximum Gasteiger partial charge on any atom is 0.231 e. The summed E-state index contributed by atoms with van der Waals surface area (Å²) >= 11 is 0. The standard InChI is InChI=1S/C9H6O4/c1-12-8-2-7(10)5-3-13-4-6(5)9(8)11/h2-4H,1H3. The molecular formula is C9H6O4. The first-order chi connectivity index (χ1) is 6.24. The molecule has 1 aromatic heterocycles. The van der Waals surface area contributed by atoms with Crippen LogP contribution in [-0.4, -0.2) is 18.7 Å². The molecular weight excluding hydrogens is 172 g/mol. The molecule has 0 atom stereocenters. The molecule has 4 nitrogen and oxygen atoms in total. The maximum absolute atomic E-state index is 11.4. The fraction of sp³-hybridized carbons (Fsp3) is 0.111. The molecule has 0 saturated carbocycles. The van der Waals surface area contributed by atoms with Gasteiger partial charge in [-0.05, 0) is 0 Å². The lowest BCUT2D eigenvalue weighted by Gasteiger charge is -2.08. The Morgan fingerprint density at radius 1 is 1.23 bits per heavy atom. The second-order valence-corrected chi connectivity index (χ2v) is 2.61. The van der Waals surface area contributed by atoms with Crippen LogP contribution >= 0.6 is 0 Å². The van der Waals surface area contributed by atoms with Gasteiger partial charge in [-0.25, -0.2) is 0 Å². The van der Waals surface area contributed by atoms with Gasteiger partial charge in [-0.15, -0.1) is 0 Å². The molecule has 0 amide bonds. The van der Waals surface area contributed by atoms with Crippen molar-refractivity contribution in [2.24, 2.45) is 0 Å². The highest BCUT2D eigenvalue weighted by molar-refractivity contribution is 6.23. The number of ether oxygens (including phenoxy) is 1. The first-order valence-corrected chi connectivity index (χ1v) is 3.65. The minimum absolute atomic E-state index is 0.0545. The van der Waals surface area contributed by atoms with E-state index in [0.717, 1.165) is 0 Å². The van der Waals surface area contributed by atoms with Gasteiger partial charge in [0.2, 0.25) is 5.78 Å². The molecule has 0 aliphatic heterocycles. The molecule has 0 saturated heterocycles. The summed E-state index contributed by atoms with van der Waals surface area (Å²) in [4.78, 5) is 22.7. The minimum Gasteiger partial charge on any atom is -0.492 e. The van der Waals surface area contributed by atoms with Crippen molar-refractivity contribution in [3.05, 3.63) is 35.5 Å². The second kappa shape index (κ2) is 2.58. The molecule has 1 aromatic rings. The van der Waals surface area contributed by atoms with Crippen LogP contribution in [0.2, 0.25) is 0 Å². The highest BCUT2D eigenvalue weighted by Crippen LogP contribution is 2.21. The zero-order valence-electron chi connectivity index (χ0n) is 6.87. The molecule has 0 N–H and O–H groups in total. The van der Waals surface area contributed by atoms with E-state index in [2.05, 4.69) is 0 Å². The van der Waals surface area contributed by atoms with Crippen molar-refractivity contribution in [2.75, 3.05) is 7.11 Å². The van der Waals surface area contributed by atoms with E-state index in [1.807, 2.05) is 0 Å². The summed E-state index contributed by atoms with van der Waals surface area (Å²) in [6, 6.07) is 0. The summed E-state index contributed by atoms with van der Waals surface area (Å²) in [7, 11) is 1.35. The van der Waals surface area contributed by atoms with Gasteiger partial charge in [-0.3, -0.25) is 9.59 Å². The Morgan fingerprint density at radius 3 is 2.62 bits per heavy atom. The van der Waals surface area contributed by atoms with Gasteiger partial charge >= 0.3 is 0 Å². The predicted molar refractivity (Wildman–Crippen MR) is 42.5 cm³/mol. The lowest BCUT2D eigenvalue weighted by Crippen LogP contribution is -2.15. The number of methoxy groups -OCH3 is 1. The monoisotopic (exact) mass is 178 g/mol. The molecule has 1 heterocycles. The molecule has 13 heavy (non-hydrogen) atoms. The number of hydrogen-bond acceptors (Lipinski definition) is 4. The second-order valence-electron chi connectivity index (χ2n) is 2.61. The third kappa shape index (κ3) is 0.989. The number of carbonyl (C=O) groups is 2. The largest absolute Gasteiger partial charge is 0.492 e. The lowest BCUT2D eigenvalue weighted by molar-refractivity contribution is 0.0917. The Kier molecular flexibility index (Phi) is 1.55. The fourth-order valence-corrected chi connectivity index (χ4v) is 1.21. The molecule has 0 aromatic carbocycles. The van der Waals surface area contributed by atoms with Crippen molar-refractivity contribution in [3.63, 3.8) is 0 Å². The number of carbonyl (C=O) groups excluding carboxylic acids is 2. The van der Waals surface area contributed by atoms with Crippen LogP contribution in [0.1, 0.15) is 20.7 Å². The van der Waals surface area contributed by atoms with E-state index in [-0.39, 0.29) is 22.9 Å². The van der Waals surface area contributed by atoms with Gasteiger partial charge in [0.25, 0.3) is 0 Å². The Labute approximate surface area is 73.8 Å². The molecule has 2 rings (SSSR count). The van der Waals surface area contributed by atoms with Crippen LogP contribution in [0.5, 0.6) is 0 Å². The van der Waals surface area contributed by atoms with Crippen molar-refractivity contribution in [2.45, 2.75) is 0 Å². The third-order valence-electron chi connectivity index (χ3n) is 1.88. The summed E-state index contributed by atoms with van der Waals surface area (Å²) in [6.07, 6.45) is 3.68. The van der Waals surface area contributed by atoms with Crippen LogP contribution in [0.4, 0.5) is 0 Å². The highest BCUT2D eigenvalue weighted by atomic mass is 16.5. The number of hydrogen-bond donors (Lipinski definition) is 0. The van der Waals surface area contributed by atoms with Gasteiger partial charge in [0.1, 0.15) is 12.5 Å². The van der Waals surface area contributed by atoms with Gasteiger partial charge < -0.3 is 9.15 Å². The smallest absolute Gasteiger partial charge is 0.231 e. The number of fused-ring (bicyclic) bond motifs is 1. The summed E-state index contributed by atoms with van der Waals surface area (Å²) in [6.45, 7) is 0. The summed E-state index contributed by atoms with van der Waals surface area (Å²) < 4.78 is 9.52. The number of Topliss-reactive ketones (excluding diaryl/α,β-unsaturated/α-hetero) is 1. The number of furan rings is 1. The Balaban J connectivity index is 2.58. The molecule has 0 bridgehead atoms. The molecule has 0 radical (unpaired) electrons. The van der Waals surface area contributed by atoms with Gasteiger partial charge in [-0.2, -0.15) is 0 Å².